The van der Waals surface area contributed by atoms with Crippen LogP contribution < -0.4 is 5.32 Å². The fraction of sp³-hybridized carbons (Fsp3) is 0.400. The third-order valence-corrected chi connectivity index (χ3v) is 8.95. The van der Waals surface area contributed by atoms with Crippen LogP contribution >= 0.6 is 22.9 Å². The molecule has 30 heavy (non-hydrogen) atoms. The summed E-state index contributed by atoms with van der Waals surface area (Å²) in [4.78, 5) is 24.7. The molecule has 0 unspecified atom stereocenters. The molecule has 10 heteroatoms. The van der Waals surface area contributed by atoms with E-state index in [1.807, 2.05) is 6.92 Å². The molecule has 0 aliphatic carbocycles. The highest BCUT2D eigenvalue weighted by molar-refractivity contribution is 7.91. The van der Waals surface area contributed by atoms with E-state index in [1.54, 1.807) is 30.3 Å². The molecule has 1 amide bonds. The molecular formula is C20H23ClN2O5S2. The molecule has 3 rings (SSSR count). The van der Waals surface area contributed by atoms with Crippen molar-refractivity contribution < 1.29 is 22.7 Å². The van der Waals surface area contributed by atoms with Gasteiger partial charge in [0.1, 0.15) is 4.21 Å². The maximum absolute atomic E-state index is 12.8. The molecule has 0 radical (unpaired) electrons. The van der Waals surface area contributed by atoms with Gasteiger partial charge in [0.2, 0.25) is 5.91 Å². The first-order valence-corrected chi connectivity index (χ1v) is 12.1. The number of hydrogen-bond acceptors (Lipinski definition) is 6. The van der Waals surface area contributed by atoms with Crippen LogP contribution in [0.2, 0.25) is 4.34 Å². The van der Waals surface area contributed by atoms with Gasteiger partial charge in [0, 0.05) is 19.0 Å². The minimum atomic E-state index is -3.56. The first-order chi connectivity index (χ1) is 14.2. The highest BCUT2D eigenvalue weighted by Gasteiger charge is 2.34. The number of thiophene rings is 1. The van der Waals surface area contributed by atoms with Gasteiger partial charge in [0.05, 0.1) is 22.7 Å². The topological polar surface area (TPSA) is 92.8 Å². The van der Waals surface area contributed by atoms with Crippen molar-refractivity contribution in [1.82, 2.24) is 4.31 Å². The molecule has 162 valence electrons. The number of carbonyl (C=O) groups excluding carboxylic acids is 2. The normalized spacial score (nSPS) is 16.8. The van der Waals surface area contributed by atoms with Crippen molar-refractivity contribution in [3.05, 3.63) is 46.3 Å². The molecule has 2 aromatic rings. The molecule has 1 fully saturated rings. The number of para-hydroxylation sites is 1. The highest BCUT2D eigenvalue weighted by Crippen LogP contribution is 2.32. The zero-order valence-corrected chi connectivity index (χ0v) is 19.0. The van der Waals surface area contributed by atoms with Gasteiger partial charge >= 0.3 is 5.97 Å². The average Bonchev–Trinajstić information content (AvgIpc) is 3.20. The molecule has 1 atom stereocenters. The van der Waals surface area contributed by atoms with E-state index in [2.05, 4.69) is 5.32 Å². The number of anilines is 1. The standard InChI is InChI=1S/C20H23ClN2O5S2/c1-13(19(24)22-16-6-4-3-5-15(16)20(25)28-2)14-9-11-23(12-10-14)30(26,27)18-8-7-17(21)29-18/h3-8,13-14H,9-12H2,1-2H3,(H,22,24)/t13-/m0/s1. The average molecular weight is 471 g/mol. The Hall–Kier alpha value is -1.94. The Kier molecular flexibility index (Phi) is 7.18. The Morgan fingerprint density at radius 3 is 2.47 bits per heavy atom. The fourth-order valence-electron chi connectivity index (χ4n) is 3.52. The summed E-state index contributed by atoms with van der Waals surface area (Å²) >= 11 is 6.91. The maximum Gasteiger partial charge on any atom is 0.339 e. The van der Waals surface area contributed by atoms with E-state index >= 15 is 0 Å². The number of ether oxygens (including phenoxy) is 1. The van der Waals surface area contributed by atoms with E-state index in [-0.39, 0.29) is 27.5 Å². The van der Waals surface area contributed by atoms with Crippen molar-refractivity contribution in [3.8, 4) is 0 Å². The summed E-state index contributed by atoms with van der Waals surface area (Å²) in [7, 11) is -2.27. The van der Waals surface area contributed by atoms with E-state index < -0.39 is 16.0 Å². The van der Waals surface area contributed by atoms with E-state index in [0.717, 1.165) is 11.3 Å². The molecular weight excluding hydrogens is 448 g/mol. The number of rotatable bonds is 6. The first-order valence-electron chi connectivity index (χ1n) is 9.47. The Balaban J connectivity index is 1.62. The molecule has 0 saturated carbocycles. The van der Waals surface area contributed by atoms with Crippen molar-refractivity contribution in [1.29, 1.82) is 0 Å². The predicted octanol–water partition coefficient (Wildman–Crippen LogP) is 3.86. The van der Waals surface area contributed by atoms with Crippen LogP contribution in [0.25, 0.3) is 0 Å². The van der Waals surface area contributed by atoms with Gasteiger partial charge in [0.15, 0.2) is 0 Å². The van der Waals surface area contributed by atoms with Crippen LogP contribution in [-0.4, -0.2) is 44.8 Å². The van der Waals surface area contributed by atoms with Crippen LogP contribution in [0.5, 0.6) is 0 Å². The van der Waals surface area contributed by atoms with Crippen LogP contribution in [0.4, 0.5) is 5.69 Å². The van der Waals surface area contributed by atoms with Gasteiger partial charge in [-0.25, -0.2) is 13.2 Å². The van der Waals surface area contributed by atoms with E-state index in [1.165, 1.54) is 17.5 Å². The van der Waals surface area contributed by atoms with Gasteiger partial charge in [-0.2, -0.15) is 4.31 Å². The Morgan fingerprint density at radius 1 is 1.20 bits per heavy atom. The number of nitrogens with zero attached hydrogens (tertiary/aromatic N) is 1. The number of carbonyl (C=O) groups is 2. The van der Waals surface area contributed by atoms with Gasteiger partial charge in [-0.05, 0) is 43.0 Å². The molecule has 1 N–H and O–H groups in total. The number of piperidine rings is 1. The summed E-state index contributed by atoms with van der Waals surface area (Å²) in [6.07, 6.45) is 1.15. The van der Waals surface area contributed by atoms with Crippen molar-refractivity contribution >= 4 is 50.5 Å². The fourth-order valence-corrected chi connectivity index (χ4v) is 6.63. The first kappa shape index (κ1) is 22.7. The summed E-state index contributed by atoms with van der Waals surface area (Å²) < 4.78 is 32.3. The van der Waals surface area contributed by atoms with Crippen molar-refractivity contribution in [2.45, 2.75) is 24.0 Å². The quantitative estimate of drug-likeness (QED) is 0.647. The highest BCUT2D eigenvalue weighted by atomic mass is 35.5. The van der Waals surface area contributed by atoms with Gasteiger partial charge in [-0.3, -0.25) is 4.79 Å². The molecule has 1 saturated heterocycles. The lowest BCUT2D eigenvalue weighted by Gasteiger charge is -2.33. The number of nitrogens with one attached hydrogen (secondary N) is 1. The zero-order valence-electron chi connectivity index (χ0n) is 16.6. The molecule has 7 nitrogen and oxygen atoms in total. The second-order valence-electron chi connectivity index (χ2n) is 7.12. The third kappa shape index (κ3) is 4.85. The van der Waals surface area contributed by atoms with Crippen LogP contribution in [0.1, 0.15) is 30.1 Å². The number of halogens is 1. The van der Waals surface area contributed by atoms with E-state index in [0.29, 0.717) is 36.0 Å². The molecule has 0 bridgehead atoms. The number of methoxy groups -OCH3 is 1. The number of esters is 1. The minimum absolute atomic E-state index is 0.0358. The summed E-state index contributed by atoms with van der Waals surface area (Å²) in [6, 6.07) is 9.76. The van der Waals surface area contributed by atoms with Crippen LogP contribution in [-0.2, 0) is 19.6 Å². The summed E-state index contributed by atoms with van der Waals surface area (Å²) in [5, 5.41) is 2.81. The second-order valence-corrected chi connectivity index (χ2v) is 11.0. The van der Waals surface area contributed by atoms with Crippen molar-refractivity contribution in [2.24, 2.45) is 11.8 Å². The molecule has 1 aliphatic heterocycles. The number of hydrogen-bond donors (Lipinski definition) is 1. The number of benzene rings is 1. The number of sulfonamides is 1. The molecule has 0 spiro atoms. The SMILES string of the molecule is COC(=O)c1ccccc1NC(=O)[C@@H](C)C1CCN(S(=O)(=O)c2ccc(Cl)s2)CC1. The second kappa shape index (κ2) is 9.47. The van der Waals surface area contributed by atoms with Crippen molar-refractivity contribution in [2.75, 3.05) is 25.5 Å². The zero-order chi connectivity index (χ0) is 21.9. The Labute approximate surface area is 185 Å². The largest absolute Gasteiger partial charge is 0.465 e. The smallest absolute Gasteiger partial charge is 0.339 e. The van der Waals surface area contributed by atoms with Crippen LogP contribution in [0.15, 0.2) is 40.6 Å². The van der Waals surface area contributed by atoms with Crippen molar-refractivity contribution in [3.63, 3.8) is 0 Å². The predicted molar refractivity (Wildman–Crippen MR) is 116 cm³/mol. The molecule has 1 aromatic carbocycles. The summed E-state index contributed by atoms with van der Waals surface area (Å²) in [6.45, 7) is 2.52. The summed E-state index contributed by atoms with van der Waals surface area (Å²) in [5.41, 5.74) is 0.687. The minimum Gasteiger partial charge on any atom is -0.465 e. The molecule has 1 aromatic heterocycles. The molecule has 1 aliphatic rings. The van der Waals surface area contributed by atoms with Gasteiger partial charge in [0.25, 0.3) is 10.0 Å². The Morgan fingerprint density at radius 2 is 1.87 bits per heavy atom. The Bertz CT molecular complexity index is 1030. The maximum atomic E-state index is 12.8. The van der Waals surface area contributed by atoms with Crippen LogP contribution in [0.3, 0.4) is 0 Å². The van der Waals surface area contributed by atoms with Gasteiger partial charge in [-0.15, -0.1) is 11.3 Å². The van der Waals surface area contributed by atoms with Gasteiger partial charge in [-0.1, -0.05) is 30.7 Å². The lowest BCUT2D eigenvalue weighted by atomic mass is 9.85. The lowest BCUT2D eigenvalue weighted by molar-refractivity contribution is -0.121. The monoisotopic (exact) mass is 470 g/mol. The lowest BCUT2D eigenvalue weighted by Crippen LogP contribution is -2.41. The van der Waals surface area contributed by atoms with Gasteiger partial charge < -0.3 is 10.1 Å². The van der Waals surface area contributed by atoms with E-state index in [9.17, 15) is 18.0 Å². The summed E-state index contributed by atoms with van der Waals surface area (Å²) in [5.74, 6) is -1.03. The number of amides is 1. The molecule has 2 heterocycles. The van der Waals surface area contributed by atoms with Crippen LogP contribution in [0, 0.1) is 11.8 Å². The third-order valence-electron chi connectivity index (χ3n) is 5.35. The van der Waals surface area contributed by atoms with E-state index in [4.69, 9.17) is 16.3 Å².